The van der Waals surface area contributed by atoms with Gasteiger partial charge in [0.1, 0.15) is 5.75 Å². The lowest BCUT2D eigenvalue weighted by Crippen LogP contribution is -2.09. The second-order valence-electron chi connectivity index (χ2n) is 6.61. The number of allylic oxidation sites excluding steroid dienone is 2. The molecular formula is C25H22O. The molecule has 26 heavy (non-hydrogen) atoms. The Morgan fingerprint density at radius 2 is 1.69 bits per heavy atom. The fourth-order valence-corrected chi connectivity index (χ4v) is 3.54. The van der Waals surface area contributed by atoms with Crippen molar-refractivity contribution in [3.05, 3.63) is 113 Å². The standard InChI is InChI=1S/C25H22O/c1-26-23-12-7-11-22(18-23)25-17-20(15-14-19-8-3-2-4-9-19)16-21-10-5-6-13-24(21)25/h2-15,17-18,20H,16H2,1H3. The minimum atomic E-state index is 0.381. The highest BCUT2D eigenvalue weighted by atomic mass is 16.5. The summed E-state index contributed by atoms with van der Waals surface area (Å²) in [5.41, 5.74) is 6.45. The summed E-state index contributed by atoms with van der Waals surface area (Å²) < 4.78 is 5.42. The van der Waals surface area contributed by atoms with Crippen molar-refractivity contribution in [2.24, 2.45) is 5.92 Å². The van der Waals surface area contributed by atoms with Gasteiger partial charge in [-0.25, -0.2) is 0 Å². The van der Waals surface area contributed by atoms with Crippen LogP contribution in [-0.2, 0) is 6.42 Å². The van der Waals surface area contributed by atoms with Gasteiger partial charge >= 0.3 is 0 Å². The van der Waals surface area contributed by atoms with Gasteiger partial charge in [0.15, 0.2) is 0 Å². The van der Waals surface area contributed by atoms with Gasteiger partial charge in [0.05, 0.1) is 7.11 Å². The van der Waals surface area contributed by atoms with Crippen LogP contribution in [0.25, 0.3) is 11.6 Å². The summed E-state index contributed by atoms with van der Waals surface area (Å²) in [5, 5.41) is 0. The van der Waals surface area contributed by atoms with Crippen LogP contribution >= 0.6 is 0 Å². The molecule has 0 N–H and O–H groups in total. The van der Waals surface area contributed by atoms with Crippen molar-refractivity contribution >= 4 is 11.6 Å². The molecule has 128 valence electrons. The van der Waals surface area contributed by atoms with Gasteiger partial charge in [-0.1, -0.05) is 85.0 Å². The van der Waals surface area contributed by atoms with E-state index in [9.17, 15) is 0 Å². The molecule has 0 aliphatic heterocycles. The summed E-state index contributed by atoms with van der Waals surface area (Å²) >= 11 is 0. The van der Waals surface area contributed by atoms with Crippen molar-refractivity contribution in [2.45, 2.75) is 6.42 Å². The highest BCUT2D eigenvalue weighted by Crippen LogP contribution is 2.35. The summed E-state index contributed by atoms with van der Waals surface area (Å²) in [5.74, 6) is 1.27. The van der Waals surface area contributed by atoms with Crippen LogP contribution in [0.1, 0.15) is 22.3 Å². The van der Waals surface area contributed by atoms with Crippen LogP contribution in [-0.4, -0.2) is 7.11 Å². The Bertz CT molecular complexity index is 951. The average molecular weight is 338 g/mol. The van der Waals surface area contributed by atoms with Crippen LogP contribution in [0.3, 0.4) is 0 Å². The number of ether oxygens (including phenoxy) is 1. The molecule has 3 aromatic carbocycles. The number of hydrogen-bond donors (Lipinski definition) is 0. The molecule has 0 spiro atoms. The van der Waals surface area contributed by atoms with Gasteiger partial charge in [0.25, 0.3) is 0 Å². The SMILES string of the molecule is COc1cccc(C2=CC(C=Cc3ccccc3)Cc3ccccc32)c1. The second-order valence-corrected chi connectivity index (χ2v) is 6.61. The van der Waals surface area contributed by atoms with Crippen molar-refractivity contribution in [1.29, 1.82) is 0 Å². The zero-order valence-electron chi connectivity index (χ0n) is 14.9. The molecule has 0 aromatic heterocycles. The molecule has 0 bridgehead atoms. The van der Waals surface area contributed by atoms with Gasteiger partial charge in [0, 0.05) is 0 Å². The van der Waals surface area contributed by atoms with E-state index in [-0.39, 0.29) is 0 Å². The molecule has 1 aliphatic carbocycles. The Hall–Kier alpha value is -3.06. The van der Waals surface area contributed by atoms with Crippen molar-refractivity contribution < 1.29 is 4.74 Å². The summed E-state index contributed by atoms with van der Waals surface area (Å²) in [4.78, 5) is 0. The molecule has 1 unspecified atom stereocenters. The highest BCUT2D eigenvalue weighted by Gasteiger charge is 2.19. The largest absolute Gasteiger partial charge is 0.497 e. The third-order valence-electron chi connectivity index (χ3n) is 4.86. The molecule has 3 aromatic rings. The van der Waals surface area contributed by atoms with E-state index in [1.807, 2.05) is 6.07 Å². The minimum Gasteiger partial charge on any atom is -0.497 e. The molecule has 0 radical (unpaired) electrons. The van der Waals surface area contributed by atoms with Gasteiger partial charge in [-0.2, -0.15) is 0 Å². The fourth-order valence-electron chi connectivity index (χ4n) is 3.54. The van der Waals surface area contributed by atoms with Gasteiger partial charge in [-0.15, -0.1) is 0 Å². The maximum Gasteiger partial charge on any atom is 0.119 e. The maximum atomic E-state index is 5.42. The zero-order chi connectivity index (χ0) is 17.8. The van der Waals surface area contributed by atoms with Crippen LogP contribution in [0.4, 0.5) is 0 Å². The lowest BCUT2D eigenvalue weighted by Gasteiger charge is -2.23. The van der Waals surface area contributed by atoms with E-state index in [1.165, 1.54) is 27.8 Å². The lowest BCUT2D eigenvalue weighted by atomic mass is 9.81. The molecule has 0 fully saturated rings. The average Bonchev–Trinajstić information content (AvgIpc) is 2.72. The summed E-state index contributed by atoms with van der Waals surface area (Å²) in [7, 11) is 1.72. The monoisotopic (exact) mass is 338 g/mol. The molecule has 0 saturated carbocycles. The summed E-state index contributed by atoms with van der Waals surface area (Å²) in [6.45, 7) is 0. The normalized spacial score (nSPS) is 16.2. The number of methoxy groups -OCH3 is 1. The molecule has 0 amide bonds. The minimum absolute atomic E-state index is 0.381. The first-order valence-corrected chi connectivity index (χ1v) is 9.01. The predicted octanol–water partition coefficient (Wildman–Crippen LogP) is 6.01. The van der Waals surface area contributed by atoms with Crippen molar-refractivity contribution in [2.75, 3.05) is 7.11 Å². The van der Waals surface area contributed by atoms with Crippen molar-refractivity contribution in [3.8, 4) is 5.75 Å². The lowest BCUT2D eigenvalue weighted by molar-refractivity contribution is 0.414. The third kappa shape index (κ3) is 3.48. The quantitative estimate of drug-likeness (QED) is 0.566. The van der Waals surface area contributed by atoms with Crippen LogP contribution in [0.15, 0.2) is 91.0 Å². The van der Waals surface area contributed by atoms with Crippen LogP contribution < -0.4 is 4.74 Å². The Morgan fingerprint density at radius 3 is 2.54 bits per heavy atom. The molecule has 1 atom stereocenters. The van der Waals surface area contributed by atoms with Crippen molar-refractivity contribution in [3.63, 3.8) is 0 Å². The molecule has 1 aliphatic rings. The Morgan fingerprint density at radius 1 is 0.885 bits per heavy atom. The van der Waals surface area contributed by atoms with E-state index in [0.717, 1.165) is 12.2 Å². The zero-order valence-corrected chi connectivity index (χ0v) is 14.9. The van der Waals surface area contributed by atoms with Crippen LogP contribution in [0.2, 0.25) is 0 Å². The molecular weight excluding hydrogens is 316 g/mol. The van der Waals surface area contributed by atoms with Gasteiger partial charge in [0.2, 0.25) is 0 Å². The molecule has 1 nitrogen and oxygen atoms in total. The number of benzene rings is 3. The predicted molar refractivity (Wildman–Crippen MR) is 109 cm³/mol. The van der Waals surface area contributed by atoms with Crippen LogP contribution in [0.5, 0.6) is 5.75 Å². The van der Waals surface area contributed by atoms with E-state index < -0.39 is 0 Å². The van der Waals surface area contributed by atoms with Gasteiger partial charge in [-0.05, 0) is 52.3 Å². The maximum absolute atomic E-state index is 5.42. The van der Waals surface area contributed by atoms with Crippen LogP contribution in [0, 0.1) is 5.92 Å². The third-order valence-corrected chi connectivity index (χ3v) is 4.86. The number of rotatable bonds is 4. The first kappa shape index (κ1) is 16.4. The van der Waals surface area contributed by atoms with E-state index in [0.29, 0.717) is 5.92 Å². The topological polar surface area (TPSA) is 9.23 Å². The molecule has 0 heterocycles. The fraction of sp³-hybridized carbons (Fsp3) is 0.120. The number of hydrogen-bond acceptors (Lipinski definition) is 1. The van der Waals surface area contributed by atoms with Crippen molar-refractivity contribution in [1.82, 2.24) is 0 Å². The molecule has 1 heteroatoms. The first-order valence-electron chi connectivity index (χ1n) is 9.01. The Kier molecular flexibility index (Phi) is 4.70. The molecule has 0 saturated heterocycles. The molecule has 4 rings (SSSR count). The van der Waals surface area contributed by atoms with Gasteiger partial charge < -0.3 is 4.74 Å². The van der Waals surface area contributed by atoms with Gasteiger partial charge in [-0.3, -0.25) is 0 Å². The van der Waals surface area contributed by atoms with E-state index in [2.05, 4.69) is 91.0 Å². The summed E-state index contributed by atoms with van der Waals surface area (Å²) in [6.07, 6.45) is 7.95. The van der Waals surface area contributed by atoms with E-state index >= 15 is 0 Å². The smallest absolute Gasteiger partial charge is 0.119 e. The first-order chi connectivity index (χ1) is 12.8. The van der Waals surface area contributed by atoms with E-state index in [1.54, 1.807) is 7.11 Å². The highest BCUT2D eigenvalue weighted by molar-refractivity contribution is 5.83. The Balaban J connectivity index is 1.73. The number of fused-ring (bicyclic) bond motifs is 1. The Labute approximate surface area is 155 Å². The summed E-state index contributed by atoms with van der Waals surface area (Å²) in [6, 6.07) is 27.5. The second kappa shape index (κ2) is 7.45. The van der Waals surface area contributed by atoms with E-state index in [4.69, 9.17) is 4.74 Å².